The molecular formula is C10H9N3. The number of benzene rings is 1. The van der Waals surface area contributed by atoms with Crippen molar-refractivity contribution in [2.45, 2.75) is 6.54 Å². The third kappa shape index (κ3) is 2.84. The highest BCUT2D eigenvalue weighted by Gasteiger charge is 2.00. The van der Waals surface area contributed by atoms with E-state index >= 15 is 0 Å². The van der Waals surface area contributed by atoms with E-state index in [0.717, 1.165) is 5.56 Å². The van der Waals surface area contributed by atoms with Crippen LogP contribution in [0.2, 0.25) is 0 Å². The van der Waals surface area contributed by atoms with E-state index in [-0.39, 0.29) is 6.54 Å². The van der Waals surface area contributed by atoms with Crippen molar-refractivity contribution in [3.8, 4) is 12.3 Å². The number of nitriles is 2. The fourth-order valence-electron chi connectivity index (χ4n) is 1.02. The molecule has 0 amide bonds. The molecule has 0 bridgehead atoms. The molecule has 0 aliphatic rings. The molecule has 0 aromatic heterocycles. The highest BCUT2D eigenvalue weighted by atomic mass is 15.1. The Kier molecular flexibility index (Phi) is 3.35. The summed E-state index contributed by atoms with van der Waals surface area (Å²) in [5.41, 5.74) is 1.04. The average Bonchev–Trinajstić information content (AvgIpc) is 2.19. The maximum Gasteiger partial charge on any atom is 0.180 e. The van der Waals surface area contributed by atoms with E-state index < -0.39 is 0 Å². The molecule has 0 unspecified atom stereocenters. The van der Waals surface area contributed by atoms with Crippen LogP contribution in [0.1, 0.15) is 5.56 Å². The lowest BCUT2D eigenvalue weighted by molar-refractivity contribution is 0.431. The van der Waals surface area contributed by atoms with Crippen LogP contribution in [0.15, 0.2) is 30.3 Å². The van der Waals surface area contributed by atoms with Gasteiger partial charge in [-0.15, -0.1) is 0 Å². The Balaban J connectivity index is 2.59. The fourth-order valence-corrected chi connectivity index (χ4v) is 1.02. The minimum Gasteiger partial charge on any atom is -0.292 e. The zero-order chi connectivity index (χ0) is 9.52. The van der Waals surface area contributed by atoms with Crippen molar-refractivity contribution in [2.24, 2.45) is 0 Å². The van der Waals surface area contributed by atoms with Gasteiger partial charge in [-0.1, -0.05) is 30.3 Å². The monoisotopic (exact) mass is 171 g/mol. The third-order valence-electron chi connectivity index (χ3n) is 1.62. The predicted octanol–water partition coefficient (Wildman–Crippen LogP) is 1.49. The van der Waals surface area contributed by atoms with Gasteiger partial charge < -0.3 is 0 Å². The third-order valence-corrected chi connectivity index (χ3v) is 1.62. The molecule has 1 rings (SSSR count). The Morgan fingerprint density at radius 2 is 1.85 bits per heavy atom. The second-order valence-electron chi connectivity index (χ2n) is 2.60. The van der Waals surface area contributed by atoms with Gasteiger partial charge in [0.25, 0.3) is 0 Å². The van der Waals surface area contributed by atoms with E-state index in [2.05, 4.69) is 0 Å². The molecule has 13 heavy (non-hydrogen) atoms. The smallest absolute Gasteiger partial charge is 0.180 e. The highest BCUT2D eigenvalue weighted by molar-refractivity contribution is 5.15. The van der Waals surface area contributed by atoms with Gasteiger partial charge in [-0.2, -0.15) is 10.5 Å². The second kappa shape index (κ2) is 4.79. The van der Waals surface area contributed by atoms with Crippen molar-refractivity contribution in [3.05, 3.63) is 35.9 Å². The number of nitrogens with zero attached hydrogens (tertiary/aromatic N) is 3. The van der Waals surface area contributed by atoms with Crippen molar-refractivity contribution in [1.29, 1.82) is 10.5 Å². The first-order valence-electron chi connectivity index (χ1n) is 3.92. The summed E-state index contributed by atoms with van der Waals surface area (Å²) < 4.78 is 0. The van der Waals surface area contributed by atoms with Crippen molar-refractivity contribution >= 4 is 0 Å². The van der Waals surface area contributed by atoms with Crippen molar-refractivity contribution in [3.63, 3.8) is 0 Å². The lowest BCUT2D eigenvalue weighted by Crippen LogP contribution is -2.16. The first kappa shape index (κ1) is 9.09. The minimum absolute atomic E-state index is 0.144. The molecule has 64 valence electrons. The topological polar surface area (TPSA) is 50.8 Å². The minimum atomic E-state index is 0.144. The summed E-state index contributed by atoms with van der Waals surface area (Å²) in [4.78, 5) is 1.41. The summed E-state index contributed by atoms with van der Waals surface area (Å²) >= 11 is 0. The summed E-state index contributed by atoms with van der Waals surface area (Å²) in [5, 5.41) is 17.0. The molecule has 1 aromatic rings. The summed E-state index contributed by atoms with van der Waals surface area (Å²) in [6.07, 6.45) is 1.96. The molecule has 3 heteroatoms. The lowest BCUT2D eigenvalue weighted by atomic mass is 10.2. The zero-order valence-electron chi connectivity index (χ0n) is 7.14. The maximum atomic E-state index is 8.64. The van der Waals surface area contributed by atoms with Crippen LogP contribution in [0.25, 0.3) is 0 Å². The SMILES string of the molecule is N#CCN(C#N)Cc1ccccc1. The molecule has 0 saturated carbocycles. The van der Waals surface area contributed by atoms with Crippen LogP contribution in [-0.4, -0.2) is 11.4 Å². The Labute approximate surface area is 77.4 Å². The van der Waals surface area contributed by atoms with E-state index in [1.165, 1.54) is 4.90 Å². The van der Waals surface area contributed by atoms with Crippen molar-refractivity contribution in [1.82, 2.24) is 4.90 Å². The van der Waals surface area contributed by atoms with Gasteiger partial charge in [0.1, 0.15) is 6.54 Å². The van der Waals surface area contributed by atoms with Crippen molar-refractivity contribution in [2.75, 3.05) is 6.54 Å². The summed E-state index contributed by atoms with van der Waals surface area (Å²) in [5.74, 6) is 0. The molecule has 3 nitrogen and oxygen atoms in total. The van der Waals surface area contributed by atoms with Gasteiger partial charge >= 0.3 is 0 Å². The number of hydrogen-bond donors (Lipinski definition) is 0. The molecule has 0 saturated heterocycles. The van der Waals surface area contributed by atoms with Gasteiger partial charge in [-0.3, -0.25) is 4.90 Å². The van der Waals surface area contributed by atoms with Gasteiger partial charge in [-0.25, -0.2) is 0 Å². The van der Waals surface area contributed by atoms with Gasteiger partial charge in [0, 0.05) is 0 Å². The molecule has 0 fully saturated rings. The first-order chi connectivity index (χ1) is 6.36. The molecule has 0 aliphatic heterocycles. The molecule has 0 atom stereocenters. The normalized spacial score (nSPS) is 8.46. The predicted molar refractivity (Wildman–Crippen MR) is 48.1 cm³/mol. The Bertz CT molecular complexity index is 331. The zero-order valence-corrected chi connectivity index (χ0v) is 7.14. The molecule has 0 spiro atoms. The number of hydrogen-bond acceptors (Lipinski definition) is 3. The Hall–Kier alpha value is -2.00. The Morgan fingerprint density at radius 1 is 1.15 bits per heavy atom. The molecule has 0 radical (unpaired) electrons. The van der Waals surface area contributed by atoms with Crippen LogP contribution in [-0.2, 0) is 6.54 Å². The fraction of sp³-hybridized carbons (Fsp3) is 0.200. The maximum absolute atomic E-state index is 8.64. The van der Waals surface area contributed by atoms with E-state index in [4.69, 9.17) is 10.5 Å². The number of rotatable bonds is 3. The molecular weight excluding hydrogens is 162 g/mol. The van der Waals surface area contributed by atoms with Crippen LogP contribution in [0.5, 0.6) is 0 Å². The van der Waals surface area contributed by atoms with Crippen LogP contribution in [0.4, 0.5) is 0 Å². The van der Waals surface area contributed by atoms with E-state index in [1.807, 2.05) is 42.6 Å². The quantitative estimate of drug-likeness (QED) is 0.393. The summed E-state index contributed by atoms with van der Waals surface area (Å²) in [6, 6.07) is 11.6. The molecule has 0 heterocycles. The standard InChI is InChI=1S/C10H9N3/c11-6-7-13(9-12)8-10-4-2-1-3-5-10/h1-5H,7-8H2. The van der Waals surface area contributed by atoms with Crippen LogP contribution < -0.4 is 0 Å². The van der Waals surface area contributed by atoms with Crippen molar-refractivity contribution < 1.29 is 0 Å². The molecule has 0 aliphatic carbocycles. The van der Waals surface area contributed by atoms with Gasteiger partial charge in [0.05, 0.1) is 12.6 Å². The van der Waals surface area contributed by atoms with Crippen LogP contribution >= 0.6 is 0 Å². The summed E-state index contributed by atoms with van der Waals surface area (Å²) in [7, 11) is 0. The van der Waals surface area contributed by atoms with E-state index in [1.54, 1.807) is 0 Å². The lowest BCUT2D eigenvalue weighted by Gasteiger charge is -2.10. The van der Waals surface area contributed by atoms with E-state index in [0.29, 0.717) is 6.54 Å². The van der Waals surface area contributed by atoms with Gasteiger partial charge in [0.2, 0.25) is 0 Å². The van der Waals surface area contributed by atoms with E-state index in [9.17, 15) is 0 Å². The summed E-state index contributed by atoms with van der Waals surface area (Å²) in [6.45, 7) is 0.649. The second-order valence-corrected chi connectivity index (χ2v) is 2.60. The average molecular weight is 171 g/mol. The van der Waals surface area contributed by atoms with Gasteiger partial charge in [-0.05, 0) is 5.56 Å². The van der Waals surface area contributed by atoms with Gasteiger partial charge in [0.15, 0.2) is 6.19 Å². The van der Waals surface area contributed by atoms with Crippen LogP contribution in [0.3, 0.4) is 0 Å². The Morgan fingerprint density at radius 3 is 2.38 bits per heavy atom. The first-order valence-corrected chi connectivity index (χ1v) is 3.92. The molecule has 1 aromatic carbocycles. The largest absolute Gasteiger partial charge is 0.292 e. The molecule has 0 N–H and O–H groups in total. The van der Waals surface area contributed by atoms with Crippen LogP contribution in [0, 0.1) is 22.8 Å². The highest BCUT2D eigenvalue weighted by Crippen LogP contribution is 2.02.